The van der Waals surface area contributed by atoms with Crippen LogP contribution in [0.15, 0.2) is 85.9 Å². The van der Waals surface area contributed by atoms with E-state index in [2.05, 4.69) is 81.7 Å². The van der Waals surface area contributed by atoms with Gasteiger partial charge in [0.2, 0.25) is 0 Å². The Morgan fingerprint density at radius 1 is 1.09 bits per heavy atom. The molecule has 2 aromatic carbocycles. The molecule has 1 fully saturated rings. The van der Waals surface area contributed by atoms with Gasteiger partial charge in [0, 0.05) is 34.1 Å². The number of anilines is 1. The summed E-state index contributed by atoms with van der Waals surface area (Å²) in [6, 6.07) is 13.6. The minimum absolute atomic E-state index is 0.245. The summed E-state index contributed by atoms with van der Waals surface area (Å²) >= 11 is 0. The largest absolute Gasteiger partial charge is 0.358 e. The zero-order valence-corrected chi connectivity index (χ0v) is 27.7. The van der Waals surface area contributed by atoms with Crippen LogP contribution in [-0.2, 0) is 6.42 Å². The molecule has 0 saturated carbocycles. The van der Waals surface area contributed by atoms with E-state index in [1.165, 1.54) is 25.9 Å². The van der Waals surface area contributed by atoms with Crippen molar-refractivity contribution in [2.75, 3.05) is 25.0 Å². The van der Waals surface area contributed by atoms with Crippen LogP contribution in [0.3, 0.4) is 0 Å². The van der Waals surface area contributed by atoms with Crippen LogP contribution < -0.4 is 5.32 Å². The van der Waals surface area contributed by atoms with Crippen molar-refractivity contribution in [1.29, 1.82) is 0 Å². The van der Waals surface area contributed by atoms with Gasteiger partial charge in [0.25, 0.3) is 0 Å². The van der Waals surface area contributed by atoms with Crippen LogP contribution in [-0.4, -0.2) is 49.7 Å². The van der Waals surface area contributed by atoms with E-state index in [1.807, 2.05) is 31.5 Å². The Morgan fingerprint density at radius 2 is 1.91 bits per heavy atom. The Hall–Kier alpha value is -4.82. The molecular formula is C39H44FN7. The third-order valence-electron chi connectivity index (χ3n) is 8.67. The minimum atomic E-state index is -0.245. The van der Waals surface area contributed by atoms with Gasteiger partial charge in [-0.1, -0.05) is 51.3 Å². The standard InChI is InChI=1S/C39H44FN7/c1-6-10-34(30-18-28(19-32(40)20-30)11-9-16-47-14-7-8-15-47)37-27(5)43-39(44-37)38-35-22-29(12-13-36(35)45-46-38)31-21-33(24-41-23-31)42-26(4)17-25(2)3/h6,10,12-13,18-25,42H,1,4,7-9,11,14-17H2,2-3,5H3,(H,43,44)(H,45,46)/b34-10-. The summed E-state index contributed by atoms with van der Waals surface area (Å²) < 4.78 is 15.0. The lowest BCUT2D eigenvalue weighted by Crippen LogP contribution is -2.20. The molecule has 7 nitrogen and oxygen atoms in total. The Kier molecular flexibility index (Phi) is 9.78. The highest BCUT2D eigenvalue weighted by Crippen LogP contribution is 2.33. The van der Waals surface area contributed by atoms with Crippen LogP contribution >= 0.6 is 0 Å². The highest BCUT2D eigenvalue weighted by atomic mass is 19.1. The number of benzene rings is 2. The summed E-state index contributed by atoms with van der Waals surface area (Å²) in [6.07, 6.45) is 12.6. The molecule has 8 heteroatoms. The predicted molar refractivity (Wildman–Crippen MR) is 192 cm³/mol. The maximum absolute atomic E-state index is 15.0. The molecule has 1 aliphatic rings. The molecule has 0 unspecified atom stereocenters. The van der Waals surface area contributed by atoms with Crippen molar-refractivity contribution >= 4 is 22.2 Å². The number of likely N-dealkylation sites (tertiary alicyclic amines) is 1. The van der Waals surface area contributed by atoms with E-state index in [0.717, 1.165) is 87.3 Å². The first-order chi connectivity index (χ1) is 22.8. The minimum Gasteiger partial charge on any atom is -0.358 e. The average Bonchev–Trinajstić information content (AvgIpc) is 3.79. The lowest BCUT2D eigenvalue weighted by atomic mass is 9.97. The number of halogens is 1. The number of aromatic amines is 2. The second kappa shape index (κ2) is 14.3. The van der Waals surface area contributed by atoms with E-state index in [4.69, 9.17) is 4.98 Å². The van der Waals surface area contributed by atoms with E-state index >= 15 is 0 Å². The number of H-pyrrole nitrogens is 2. The van der Waals surface area contributed by atoms with Crippen LogP contribution in [0, 0.1) is 18.7 Å². The van der Waals surface area contributed by atoms with Crippen molar-refractivity contribution in [2.24, 2.45) is 5.92 Å². The molecule has 5 aromatic rings. The molecule has 242 valence electrons. The smallest absolute Gasteiger partial charge is 0.159 e. The molecule has 0 bridgehead atoms. The Balaban J connectivity index is 1.28. The van der Waals surface area contributed by atoms with E-state index in [9.17, 15) is 4.39 Å². The average molecular weight is 630 g/mol. The van der Waals surface area contributed by atoms with Crippen LogP contribution in [0.1, 0.15) is 62.0 Å². The summed E-state index contributed by atoms with van der Waals surface area (Å²) in [5, 5.41) is 12.1. The molecule has 3 aromatic heterocycles. The van der Waals surface area contributed by atoms with Gasteiger partial charge in [0.15, 0.2) is 5.82 Å². The maximum atomic E-state index is 15.0. The van der Waals surface area contributed by atoms with E-state index in [0.29, 0.717) is 17.4 Å². The van der Waals surface area contributed by atoms with Crippen molar-refractivity contribution in [3.8, 4) is 22.6 Å². The third-order valence-corrected chi connectivity index (χ3v) is 8.67. The summed E-state index contributed by atoms with van der Waals surface area (Å²) in [7, 11) is 0. The van der Waals surface area contributed by atoms with Crippen molar-refractivity contribution in [3.63, 3.8) is 0 Å². The first-order valence-corrected chi connectivity index (χ1v) is 16.6. The van der Waals surface area contributed by atoms with Gasteiger partial charge in [-0.25, -0.2) is 9.37 Å². The normalized spacial score (nSPS) is 13.9. The van der Waals surface area contributed by atoms with Gasteiger partial charge < -0.3 is 15.2 Å². The Morgan fingerprint density at radius 3 is 2.70 bits per heavy atom. The Bertz CT molecular complexity index is 1920. The summed E-state index contributed by atoms with van der Waals surface area (Å²) in [5.41, 5.74) is 9.68. The molecule has 3 N–H and O–H groups in total. The van der Waals surface area contributed by atoms with Crippen LogP contribution in [0.2, 0.25) is 0 Å². The molecule has 0 amide bonds. The number of fused-ring (bicyclic) bond motifs is 1. The number of imidazole rings is 1. The fraction of sp³-hybridized carbons (Fsp3) is 0.308. The molecule has 1 saturated heterocycles. The van der Waals surface area contributed by atoms with Crippen LogP contribution in [0.4, 0.5) is 10.1 Å². The summed E-state index contributed by atoms with van der Waals surface area (Å²) in [6.45, 7) is 17.8. The highest BCUT2D eigenvalue weighted by Gasteiger charge is 2.19. The van der Waals surface area contributed by atoms with E-state index in [1.54, 1.807) is 18.2 Å². The van der Waals surface area contributed by atoms with Gasteiger partial charge >= 0.3 is 0 Å². The van der Waals surface area contributed by atoms with Gasteiger partial charge in [-0.15, -0.1) is 0 Å². The van der Waals surface area contributed by atoms with Crippen molar-refractivity contribution in [1.82, 2.24) is 30.0 Å². The third kappa shape index (κ3) is 7.60. The second-order valence-corrected chi connectivity index (χ2v) is 13.0. The van der Waals surface area contributed by atoms with Gasteiger partial charge in [-0.3, -0.25) is 10.1 Å². The number of allylic oxidation sites excluding steroid dienone is 3. The van der Waals surface area contributed by atoms with Gasteiger partial charge in [0.05, 0.1) is 23.1 Å². The highest BCUT2D eigenvalue weighted by molar-refractivity contribution is 5.95. The summed E-state index contributed by atoms with van der Waals surface area (Å²) in [4.78, 5) is 15.5. The number of pyridine rings is 1. The Labute approximate surface area is 276 Å². The monoisotopic (exact) mass is 629 g/mol. The number of nitrogens with one attached hydrogen (secondary N) is 3. The fourth-order valence-corrected chi connectivity index (χ4v) is 6.52. The quantitative estimate of drug-likeness (QED) is 0.113. The number of aryl methyl sites for hydroxylation is 2. The molecule has 6 rings (SSSR count). The van der Waals surface area contributed by atoms with Crippen LogP contribution in [0.5, 0.6) is 0 Å². The predicted octanol–water partition coefficient (Wildman–Crippen LogP) is 9.08. The molecule has 4 heterocycles. The topological polar surface area (TPSA) is 85.5 Å². The SMILES string of the molecule is C=C/C=C(/c1cc(F)cc(CCCN2CCCC2)c1)c1nc(-c2n[nH]c3ccc(-c4cncc(NC(=C)CC(C)C)c4)cc23)[nH]c1C. The number of nitrogens with zero attached hydrogens (tertiary/aromatic N) is 4. The number of hydrogen-bond donors (Lipinski definition) is 3. The van der Waals surface area contributed by atoms with Gasteiger partial charge in [0.1, 0.15) is 11.5 Å². The molecule has 0 atom stereocenters. The molecule has 0 spiro atoms. The van der Waals surface area contributed by atoms with Crippen LogP contribution in [0.25, 0.3) is 39.1 Å². The fourth-order valence-electron chi connectivity index (χ4n) is 6.52. The van der Waals surface area contributed by atoms with Crippen molar-refractivity contribution in [3.05, 3.63) is 114 Å². The second-order valence-electron chi connectivity index (χ2n) is 13.0. The van der Waals surface area contributed by atoms with E-state index in [-0.39, 0.29) is 5.82 Å². The van der Waals surface area contributed by atoms with E-state index < -0.39 is 0 Å². The van der Waals surface area contributed by atoms with Gasteiger partial charge in [-0.2, -0.15) is 5.10 Å². The number of rotatable bonds is 13. The molecule has 0 aliphatic carbocycles. The maximum Gasteiger partial charge on any atom is 0.159 e. The molecular weight excluding hydrogens is 585 g/mol. The first-order valence-electron chi connectivity index (χ1n) is 16.6. The first kappa shape index (κ1) is 32.1. The van der Waals surface area contributed by atoms with Crippen molar-refractivity contribution in [2.45, 2.75) is 52.9 Å². The number of hydrogen-bond acceptors (Lipinski definition) is 5. The zero-order chi connectivity index (χ0) is 32.9. The lowest BCUT2D eigenvalue weighted by molar-refractivity contribution is 0.334. The molecule has 1 aliphatic heterocycles. The zero-order valence-electron chi connectivity index (χ0n) is 27.7. The number of aromatic nitrogens is 5. The van der Waals surface area contributed by atoms with Gasteiger partial charge in [-0.05, 0) is 112 Å². The molecule has 47 heavy (non-hydrogen) atoms. The van der Waals surface area contributed by atoms with Crippen molar-refractivity contribution < 1.29 is 4.39 Å². The summed E-state index contributed by atoms with van der Waals surface area (Å²) in [5.74, 6) is 0.908. The molecule has 0 radical (unpaired) electrons. The lowest BCUT2D eigenvalue weighted by Gasteiger charge is -2.14.